The van der Waals surface area contributed by atoms with E-state index in [1.54, 1.807) is 0 Å². The molecule has 14 heavy (non-hydrogen) atoms. The Kier molecular flexibility index (Phi) is 2.10. The molecule has 2 rings (SSSR count). The van der Waals surface area contributed by atoms with Gasteiger partial charge in [0.25, 0.3) is 0 Å². The predicted octanol–water partition coefficient (Wildman–Crippen LogP) is 3.86. The molecule has 2 aromatic rings. The quantitative estimate of drug-likeness (QED) is 0.735. The van der Waals surface area contributed by atoms with Gasteiger partial charge in [-0.05, 0) is 41.0 Å². The standard InChI is InChI=1S/C13H17N/c1-4-13(2,3)11-5-6-12-10(9-11)7-8-14-12/h5-9,14H,4H2,1-3H3. The van der Waals surface area contributed by atoms with Gasteiger partial charge in [0.2, 0.25) is 0 Å². The molecule has 0 fully saturated rings. The lowest BCUT2D eigenvalue weighted by Crippen LogP contribution is -2.14. The second kappa shape index (κ2) is 3.16. The predicted molar refractivity (Wildman–Crippen MR) is 61.6 cm³/mol. The van der Waals surface area contributed by atoms with Crippen LogP contribution in [-0.4, -0.2) is 4.98 Å². The molecular formula is C13H17N. The van der Waals surface area contributed by atoms with Crippen molar-refractivity contribution in [2.75, 3.05) is 0 Å². The van der Waals surface area contributed by atoms with Crippen LogP contribution in [-0.2, 0) is 5.41 Å². The van der Waals surface area contributed by atoms with E-state index in [4.69, 9.17) is 0 Å². The summed E-state index contributed by atoms with van der Waals surface area (Å²) in [4.78, 5) is 3.22. The van der Waals surface area contributed by atoms with Gasteiger partial charge in [0, 0.05) is 11.7 Å². The van der Waals surface area contributed by atoms with Gasteiger partial charge in [0.15, 0.2) is 0 Å². The van der Waals surface area contributed by atoms with Gasteiger partial charge in [0.05, 0.1) is 0 Å². The lowest BCUT2D eigenvalue weighted by molar-refractivity contribution is 0.507. The van der Waals surface area contributed by atoms with E-state index in [0.29, 0.717) is 0 Å². The average Bonchev–Trinajstić information content (AvgIpc) is 2.64. The molecule has 0 aliphatic rings. The Balaban J connectivity index is 2.53. The number of hydrogen-bond donors (Lipinski definition) is 1. The summed E-state index contributed by atoms with van der Waals surface area (Å²) in [6.45, 7) is 6.82. The fourth-order valence-corrected chi connectivity index (χ4v) is 1.68. The maximum Gasteiger partial charge on any atom is 0.0454 e. The molecular weight excluding hydrogens is 170 g/mol. The minimum Gasteiger partial charge on any atom is -0.361 e. The summed E-state index contributed by atoms with van der Waals surface area (Å²) < 4.78 is 0. The lowest BCUT2D eigenvalue weighted by atomic mass is 9.82. The van der Waals surface area contributed by atoms with Crippen LogP contribution in [0.2, 0.25) is 0 Å². The number of hydrogen-bond acceptors (Lipinski definition) is 0. The molecule has 0 saturated heterocycles. The van der Waals surface area contributed by atoms with Crippen molar-refractivity contribution in [1.82, 2.24) is 4.98 Å². The number of rotatable bonds is 2. The third kappa shape index (κ3) is 1.43. The molecule has 0 atom stereocenters. The zero-order chi connectivity index (χ0) is 10.2. The topological polar surface area (TPSA) is 15.8 Å². The van der Waals surface area contributed by atoms with Gasteiger partial charge in [-0.1, -0.05) is 26.8 Å². The summed E-state index contributed by atoms with van der Waals surface area (Å²) in [7, 11) is 0. The van der Waals surface area contributed by atoms with E-state index in [9.17, 15) is 0 Å². The fraction of sp³-hybridized carbons (Fsp3) is 0.385. The first-order chi connectivity index (χ1) is 6.63. The molecule has 0 aliphatic heterocycles. The smallest absolute Gasteiger partial charge is 0.0454 e. The molecule has 0 amide bonds. The molecule has 1 heteroatoms. The molecule has 0 radical (unpaired) electrons. The summed E-state index contributed by atoms with van der Waals surface area (Å²) in [6.07, 6.45) is 3.16. The number of fused-ring (bicyclic) bond motifs is 1. The van der Waals surface area contributed by atoms with E-state index in [0.717, 1.165) is 0 Å². The van der Waals surface area contributed by atoms with Gasteiger partial charge in [-0.3, -0.25) is 0 Å². The zero-order valence-electron chi connectivity index (χ0n) is 9.09. The Morgan fingerprint density at radius 3 is 2.71 bits per heavy atom. The third-order valence-corrected chi connectivity index (χ3v) is 3.22. The monoisotopic (exact) mass is 187 g/mol. The van der Waals surface area contributed by atoms with Crippen LogP contribution in [0.25, 0.3) is 10.9 Å². The Labute approximate surface area is 85.1 Å². The van der Waals surface area contributed by atoms with E-state index in [-0.39, 0.29) is 5.41 Å². The molecule has 1 aromatic carbocycles. The maximum absolute atomic E-state index is 3.22. The maximum atomic E-state index is 3.22. The van der Waals surface area contributed by atoms with Gasteiger partial charge >= 0.3 is 0 Å². The Morgan fingerprint density at radius 2 is 2.00 bits per heavy atom. The molecule has 0 aliphatic carbocycles. The Hall–Kier alpha value is -1.24. The molecule has 0 saturated carbocycles. The number of aromatic nitrogens is 1. The molecule has 0 spiro atoms. The SMILES string of the molecule is CCC(C)(C)c1ccc2[nH]ccc2c1. The lowest BCUT2D eigenvalue weighted by Gasteiger charge is -2.23. The van der Waals surface area contributed by atoms with Crippen LogP contribution in [0.1, 0.15) is 32.8 Å². The van der Waals surface area contributed by atoms with Crippen molar-refractivity contribution in [3.63, 3.8) is 0 Å². The summed E-state index contributed by atoms with van der Waals surface area (Å²) in [5.74, 6) is 0. The van der Waals surface area contributed by atoms with Crippen LogP contribution in [0.15, 0.2) is 30.5 Å². The highest BCUT2D eigenvalue weighted by atomic mass is 14.7. The first-order valence-corrected chi connectivity index (χ1v) is 5.21. The number of aromatic amines is 1. The highest BCUT2D eigenvalue weighted by molar-refractivity contribution is 5.80. The molecule has 0 unspecified atom stereocenters. The molecule has 74 valence electrons. The molecule has 1 heterocycles. The minimum atomic E-state index is 0.283. The van der Waals surface area contributed by atoms with Gasteiger partial charge in [-0.2, -0.15) is 0 Å². The second-order valence-corrected chi connectivity index (χ2v) is 4.52. The zero-order valence-corrected chi connectivity index (χ0v) is 9.09. The number of benzene rings is 1. The third-order valence-electron chi connectivity index (χ3n) is 3.22. The highest BCUT2D eigenvalue weighted by Crippen LogP contribution is 2.28. The Morgan fingerprint density at radius 1 is 1.21 bits per heavy atom. The summed E-state index contributed by atoms with van der Waals surface area (Å²) in [6, 6.07) is 8.81. The average molecular weight is 187 g/mol. The summed E-state index contributed by atoms with van der Waals surface area (Å²) >= 11 is 0. The number of nitrogens with one attached hydrogen (secondary N) is 1. The van der Waals surface area contributed by atoms with Crippen molar-refractivity contribution in [2.24, 2.45) is 0 Å². The van der Waals surface area contributed by atoms with Crippen molar-refractivity contribution in [1.29, 1.82) is 0 Å². The highest BCUT2D eigenvalue weighted by Gasteiger charge is 2.17. The van der Waals surface area contributed by atoms with E-state index in [1.165, 1.54) is 22.9 Å². The van der Waals surface area contributed by atoms with Crippen molar-refractivity contribution in [3.8, 4) is 0 Å². The van der Waals surface area contributed by atoms with Gasteiger partial charge in [-0.25, -0.2) is 0 Å². The molecule has 1 N–H and O–H groups in total. The van der Waals surface area contributed by atoms with E-state index in [1.807, 2.05) is 6.20 Å². The first-order valence-electron chi connectivity index (χ1n) is 5.21. The molecule has 1 nitrogen and oxygen atoms in total. The van der Waals surface area contributed by atoms with E-state index >= 15 is 0 Å². The van der Waals surface area contributed by atoms with Crippen molar-refractivity contribution in [3.05, 3.63) is 36.0 Å². The van der Waals surface area contributed by atoms with E-state index in [2.05, 4.69) is 50.0 Å². The van der Waals surface area contributed by atoms with Gasteiger partial charge in [-0.15, -0.1) is 0 Å². The van der Waals surface area contributed by atoms with Crippen LogP contribution >= 0.6 is 0 Å². The van der Waals surface area contributed by atoms with Crippen LogP contribution in [0.5, 0.6) is 0 Å². The second-order valence-electron chi connectivity index (χ2n) is 4.52. The minimum absolute atomic E-state index is 0.283. The molecule has 0 bridgehead atoms. The fourth-order valence-electron chi connectivity index (χ4n) is 1.68. The largest absolute Gasteiger partial charge is 0.361 e. The normalized spacial score (nSPS) is 12.2. The Bertz CT molecular complexity index is 437. The van der Waals surface area contributed by atoms with Crippen molar-refractivity contribution >= 4 is 10.9 Å². The number of H-pyrrole nitrogens is 1. The molecule has 1 aromatic heterocycles. The van der Waals surface area contributed by atoms with Crippen molar-refractivity contribution < 1.29 is 0 Å². The van der Waals surface area contributed by atoms with Crippen LogP contribution in [0.3, 0.4) is 0 Å². The van der Waals surface area contributed by atoms with Crippen LogP contribution < -0.4 is 0 Å². The van der Waals surface area contributed by atoms with Crippen LogP contribution in [0, 0.1) is 0 Å². The van der Waals surface area contributed by atoms with Gasteiger partial charge < -0.3 is 4.98 Å². The first kappa shape index (κ1) is 9.32. The van der Waals surface area contributed by atoms with E-state index < -0.39 is 0 Å². The van der Waals surface area contributed by atoms with Crippen molar-refractivity contribution in [2.45, 2.75) is 32.6 Å². The van der Waals surface area contributed by atoms with Gasteiger partial charge in [0.1, 0.15) is 0 Å². The van der Waals surface area contributed by atoms with Crippen LogP contribution in [0.4, 0.5) is 0 Å². The summed E-state index contributed by atoms with van der Waals surface area (Å²) in [5.41, 5.74) is 2.93. The summed E-state index contributed by atoms with van der Waals surface area (Å²) in [5, 5.41) is 1.31.